The molecule has 0 aliphatic carbocycles. The molecule has 1 fully saturated rings. The predicted octanol–water partition coefficient (Wildman–Crippen LogP) is 1.31. The first-order valence-electron chi connectivity index (χ1n) is 6.46. The molecule has 1 amide bonds. The molecule has 0 aromatic heterocycles. The normalized spacial score (nSPS) is 25.4. The molecule has 18 heavy (non-hydrogen) atoms. The quantitative estimate of drug-likeness (QED) is 0.811. The van der Waals surface area contributed by atoms with Crippen molar-refractivity contribution in [3.05, 3.63) is 0 Å². The van der Waals surface area contributed by atoms with Crippen molar-refractivity contribution in [2.24, 2.45) is 0 Å². The number of amides is 1. The van der Waals surface area contributed by atoms with Crippen LogP contribution in [-0.4, -0.2) is 65.9 Å². The Morgan fingerprint density at radius 1 is 1.44 bits per heavy atom. The minimum absolute atomic E-state index is 0.334. The topological polar surface area (TPSA) is 53.0 Å². The second-order valence-electron chi connectivity index (χ2n) is 6.47. The molecular weight excluding hydrogens is 232 g/mol. The lowest BCUT2D eigenvalue weighted by molar-refractivity contribution is -0.0536. The number of carbonyl (C=O) groups is 1. The molecular formula is C13H26N2O3. The van der Waals surface area contributed by atoms with Crippen molar-refractivity contribution in [3.8, 4) is 0 Å². The van der Waals surface area contributed by atoms with Gasteiger partial charge in [0.2, 0.25) is 0 Å². The van der Waals surface area contributed by atoms with Crippen LogP contribution in [0.2, 0.25) is 0 Å². The van der Waals surface area contributed by atoms with Gasteiger partial charge in [-0.2, -0.15) is 0 Å². The van der Waals surface area contributed by atoms with Crippen molar-refractivity contribution in [1.29, 1.82) is 0 Å². The second-order valence-corrected chi connectivity index (χ2v) is 6.47. The SMILES string of the molecule is CN(C)CC1(O)CCCN(C(=O)OC(C)(C)C)C1. The van der Waals surface area contributed by atoms with Gasteiger partial charge in [0.05, 0.1) is 12.1 Å². The summed E-state index contributed by atoms with van der Waals surface area (Å²) in [6.45, 7) is 7.11. The van der Waals surface area contributed by atoms with Gasteiger partial charge in [-0.05, 0) is 47.7 Å². The molecule has 106 valence electrons. The molecule has 0 bridgehead atoms. The van der Waals surface area contributed by atoms with Crippen LogP contribution >= 0.6 is 0 Å². The van der Waals surface area contributed by atoms with E-state index in [9.17, 15) is 9.90 Å². The lowest BCUT2D eigenvalue weighted by Gasteiger charge is -2.40. The van der Waals surface area contributed by atoms with Crippen LogP contribution in [0.1, 0.15) is 33.6 Å². The van der Waals surface area contributed by atoms with E-state index in [2.05, 4.69) is 0 Å². The molecule has 0 aromatic rings. The van der Waals surface area contributed by atoms with Crippen LogP contribution in [0.3, 0.4) is 0 Å². The Hall–Kier alpha value is -0.810. The minimum atomic E-state index is -0.821. The number of piperidine rings is 1. The minimum Gasteiger partial charge on any atom is -0.444 e. The number of aliphatic hydroxyl groups is 1. The van der Waals surface area contributed by atoms with Crippen molar-refractivity contribution in [3.63, 3.8) is 0 Å². The smallest absolute Gasteiger partial charge is 0.410 e. The number of ether oxygens (including phenoxy) is 1. The number of likely N-dealkylation sites (tertiary alicyclic amines) is 1. The number of hydrogen-bond acceptors (Lipinski definition) is 4. The summed E-state index contributed by atoms with van der Waals surface area (Å²) in [5.41, 5.74) is -1.31. The van der Waals surface area contributed by atoms with Crippen LogP contribution in [0.4, 0.5) is 4.79 Å². The number of rotatable bonds is 2. The van der Waals surface area contributed by atoms with E-state index in [-0.39, 0.29) is 6.09 Å². The van der Waals surface area contributed by atoms with Crippen LogP contribution in [0, 0.1) is 0 Å². The molecule has 0 spiro atoms. The van der Waals surface area contributed by atoms with Gasteiger partial charge >= 0.3 is 6.09 Å². The van der Waals surface area contributed by atoms with Gasteiger partial charge < -0.3 is 19.6 Å². The van der Waals surface area contributed by atoms with Crippen LogP contribution in [-0.2, 0) is 4.74 Å². The first-order chi connectivity index (χ1) is 8.11. The van der Waals surface area contributed by atoms with Crippen molar-refractivity contribution in [2.45, 2.75) is 44.8 Å². The van der Waals surface area contributed by atoms with E-state index in [4.69, 9.17) is 4.74 Å². The third kappa shape index (κ3) is 4.82. The maximum absolute atomic E-state index is 12.0. The zero-order chi connectivity index (χ0) is 14.0. The van der Waals surface area contributed by atoms with Gasteiger partial charge in [-0.1, -0.05) is 0 Å². The van der Waals surface area contributed by atoms with Gasteiger partial charge in [0.1, 0.15) is 5.60 Å². The molecule has 5 nitrogen and oxygen atoms in total. The predicted molar refractivity (Wildman–Crippen MR) is 70.5 cm³/mol. The summed E-state index contributed by atoms with van der Waals surface area (Å²) in [5.74, 6) is 0. The average molecular weight is 258 g/mol. The van der Waals surface area contributed by atoms with Crippen LogP contribution in [0.15, 0.2) is 0 Å². The molecule has 1 aliphatic heterocycles. The third-order valence-electron chi connectivity index (χ3n) is 2.82. The van der Waals surface area contributed by atoms with Gasteiger partial charge in [-0.25, -0.2) is 4.79 Å². The van der Waals surface area contributed by atoms with Gasteiger partial charge in [0.25, 0.3) is 0 Å². The summed E-state index contributed by atoms with van der Waals surface area (Å²) >= 11 is 0. The highest BCUT2D eigenvalue weighted by Crippen LogP contribution is 2.23. The Bertz CT molecular complexity index is 299. The highest BCUT2D eigenvalue weighted by atomic mass is 16.6. The summed E-state index contributed by atoms with van der Waals surface area (Å²) in [6, 6.07) is 0. The maximum Gasteiger partial charge on any atom is 0.410 e. The molecule has 0 radical (unpaired) electrons. The van der Waals surface area contributed by atoms with Crippen molar-refractivity contribution in [1.82, 2.24) is 9.80 Å². The van der Waals surface area contributed by atoms with Crippen molar-refractivity contribution in [2.75, 3.05) is 33.7 Å². The van der Waals surface area contributed by atoms with E-state index in [1.165, 1.54) is 0 Å². The molecule has 5 heteroatoms. The van der Waals surface area contributed by atoms with E-state index in [0.717, 1.165) is 12.8 Å². The largest absolute Gasteiger partial charge is 0.444 e. The number of hydrogen-bond donors (Lipinski definition) is 1. The molecule has 0 aromatic carbocycles. The number of β-amino-alcohol motifs (C(OH)–C–C–N with tert-alkyl or cyclic N) is 1. The summed E-state index contributed by atoms with van der Waals surface area (Å²) in [6.07, 6.45) is 1.20. The molecule has 0 saturated carbocycles. The van der Waals surface area contributed by atoms with Gasteiger partial charge in [0, 0.05) is 13.1 Å². The molecule has 1 N–H and O–H groups in total. The number of nitrogens with zero attached hydrogens (tertiary/aromatic N) is 2. The monoisotopic (exact) mass is 258 g/mol. The Morgan fingerprint density at radius 3 is 2.56 bits per heavy atom. The molecule has 1 rings (SSSR count). The van der Waals surface area contributed by atoms with E-state index < -0.39 is 11.2 Å². The fraction of sp³-hybridized carbons (Fsp3) is 0.923. The van der Waals surface area contributed by atoms with Crippen molar-refractivity contribution < 1.29 is 14.6 Å². The van der Waals surface area contributed by atoms with E-state index in [1.807, 2.05) is 39.8 Å². The summed E-state index contributed by atoms with van der Waals surface area (Å²) in [4.78, 5) is 15.5. The highest BCUT2D eigenvalue weighted by Gasteiger charge is 2.37. The average Bonchev–Trinajstić information content (AvgIpc) is 2.12. The number of carbonyl (C=O) groups excluding carboxylic acids is 1. The van der Waals surface area contributed by atoms with Crippen LogP contribution < -0.4 is 0 Å². The Kier molecular flexibility index (Phi) is 4.61. The summed E-state index contributed by atoms with van der Waals surface area (Å²) < 4.78 is 5.34. The zero-order valence-electron chi connectivity index (χ0n) is 12.2. The molecule has 1 atom stereocenters. The number of likely N-dealkylation sites (N-methyl/N-ethyl adjacent to an activating group) is 1. The standard InChI is InChI=1S/C13H26N2O3/c1-12(2,3)18-11(16)15-8-6-7-13(17,10-15)9-14(4)5/h17H,6-10H2,1-5H3. The lowest BCUT2D eigenvalue weighted by atomic mass is 9.92. The van der Waals surface area contributed by atoms with Gasteiger partial charge in [-0.3, -0.25) is 0 Å². The molecule has 1 saturated heterocycles. The van der Waals surface area contributed by atoms with E-state index >= 15 is 0 Å². The lowest BCUT2D eigenvalue weighted by Crippen LogP contribution is -2.55. The Balaban J connectivity index is 2.61. The maximum atomic E-state index is 12.0. The van der Waals surface area contributed by atoms with Gasteiger partial charge in [-0.15, -0.1) is 0 Å². The Morgan fingerprint density at radius 2 is 2.06 bits per heavy atom. The van der Waals surface area contributed by atoms with Gasteiger partial charge in [0.15, 0.2) is 0 Å². The van der Waals surface area contributed by atoms with Crippen LogP contribution in [0.5, 0.6) is 0 Å². The highest BCUT2D eigenvalue weighted by molar-refractivity contribution is 5.68. The van der Waals surface area contributed by atoms with Crippen LogP contribution in [0.25, 0.3) is 0 Å². The first kappa shape index (κ1) is 15.2. The van der Waals surface area contributed by atoms with E-state index in [0.29, 0.717) is 19.6 Å². The van der Waals surface area contributed by atoms with E-state index in [1.54, 1.807) is 4.90 Å². The fourth-order valence-electron chi connectivity index (χ4n) is 2.31. The third-order valence-corrected chi connectivity index (χ3v) is 2.82. The van der Waals surface area contributed by atoms with Crippen molar-refractivity contribution >= 4 is 6.09 Å². The Labute approximate surface area is 110 Å². The molecule has 1 aliphatic rings. The summed E-state index contributed by atoms with van der Waals surface area (Å²) in [7, 11) is 3.84. The molecule has 1 heterocycles. The first-order valence-corrected chi connectivity index (χ1v) is 6.46. The second kappa shape index (κ2) is 5.45. The molecule has 1 unspecified atom stereocenters. The zero-order valence-corrected chi connectivity index (χ0v) is 12.2. The fourth-order valence-corrected chi connectivity index (χ4v) is 2.31. The summed E-state index contributed by atoms with van der Waals surface area (Å²) in [5, 5.41) is 10.5.